The summed E-state index contributed by atoms with van der Waals surface area (Å²) in [7, 11) is 1.54. The normalized spacial score (nSPS) is 16.1. The van der Waals surface area contributed by atoms with Gasteiger partial charge in [0.15, 0.2) is 0 Å². The molecule has 1 fully saturated rings. The zero-order chi connectivity index (χ0) is 20.1. The molecule has 0 aliphatic carbocycles. The molecular formula is C19H22F3N3O3. The summed E-state index contributed by atoms with van der Waals surface area (Å²) in [6.45, 7) is 1.97. The first-order chi connectivity index (χ1) is 13.4. The van der Waals surface area contributed by atoms with E-state index >= 15 is 0 Å². The van der Waals surface area contributed by atoms with E-state index in [0.29, 0.717) is 37.6 Å². The van der Waals surface area contributed by atoms with E-state index in [1.54, 1.807) is 23.1 Å². The van der Waals surface area contributed by atoms with Crippen LogP contribution in [0.4, 0.5) is 23.7 Å². The number of hydrogen-bond donors (Lipinski definition) is 1. The number of anilines is 1. The van der Waals surface area contributed by atoms with E-state index in [2.05, 4.69) is 5.32 Å². The smallest absolute Gasteiger partial charge is 0.416 e. The number of furan rings is 1. The minimum Gasteiger partial charge on any atom is -0.467 e. The Morgan fingerprint density at radius 3 is 2.57 bits per heavy atom. The third-order valence-electron chi connectivity index (χ3n) is 4.62. The van der Waals surface area contributed by atoms with Gasteiger partial charge in [0.05, 0.1) is 18.4 Å². The quantitative estimate of drug-likeness (QED) is 0.839. The van der Waals surface area contributed by atoms with Crippen molar-refractivity contribution in [1.82, 2.24) is 10.2 Å². The number of nitrogens with zero attached hydrogens (tertiary/aromatic N) is 2. The second kappa shape index (κ2) is 8.55. The fraction of sp³-hybridized carbons (Fsp3) is 0.421. The van der Waals surface area contributed by atoms with E-state index in [-0.39, 0.29) is 12.6 Å². The zero-order valence-corrected chi connectivity index (χ0v) is 15.4. The lowest BCUT2D eigenvalue weighted by Crippen LogP contribution is -2.52. The van der Waals surface area contributed by atoms with Crippen LogP contribution in [0.1, 0.15) is 17.4 Å². The lowest BCUT2D eigenvalue weighted by molar-refractivity contribution is -0.137. The van der Waals surface area contributed by atoms with Crippen LogP contribution < -0.4 is 10.2 Å². The molecule has 0 saturated carbocycles. The maximum atomic E-state index is 12.9. The Morgan fingerprint density at radius 2 is 1.96 bits per heavy atom. The van der Waals surface area contributed by atoms with E-state index in [0.717, 1.165) is 12.1 Å². The summed E-state index contributed by atoms with van der Waals surface area (Å²) < 4.78 is 49.2. The van der Waals surface area contributed by atoms with Gasteiger partial charge in [-0.25, -0.2) is 4.79 Å². The molecule has 1 atom stereocenters. The Morgan fingerprint density at radius 1 is 1.21 bits per heavy atom. The number of hydrogen-bond acceptors (Lipinski definition) is 4. The van der Waals surface area contributed by atoms with Crippen LogP contribution in [0.25, 0.3) is 0 Å². The largest absolute Gasteiger partial charge is 0.467 e. The summed E-state index contributed by atoms with van der Waals surface area (Å²) in [6, 6.07) is 8.06. The Kier molecular flexibility index (Phi) is 6.13. The van der Waals surface area contributed by atoms with E-state index in [1.165, 1.54) is 19.4 Å². The third-order valence-corrected chi connectivity index (χ3v) is 4.62. The Labute approximate surface area is 160 Å². The van der Waals surface area contributed by atoms with Gasteiger partial charge < -0.3 is 24.3 Å². The molecule has 0 radical (unpaired) electrons. The first-order valence-electron chi connectivity index (χ1n) is 8.88. The van der Waals surface area contributed by atoms with E-state index < -0.39 is 17.8 Å². The van der Waals surface area contributed by atoms with Crippen LogP contribution in [0.2, 0.25) is 0 Å². The SMILES string of the molecule is COCC(NC(=O)N1CCN(c2cccc(C(F)(F)F)c2)CC1)c1ccco1. The second-order valence-corrected chi connectivity index (χ2v) is 6.50. The van der Waals surface area contributed by atoms with Gasteiger partial charge in [-0.05, 0) is 30.3 Å². The van der Waals surface area contributed by atoms with Crippen LogP contribution in [0, 0.1) is 0 Å². The summed E-state index contributed by atoms with van der Waals surface area (Å²) in [6.07, 6.45) is -2.85. The van der Waals surface area contributed by atoms with Crippen molar-refractivity contribution < 1.29 is 27.1 Å². The Balaban J connectivity index is 1.58. The number of alkyl halides is 3. The molecule has 2 heterocycles. The lowest BCUT2D eigenvalue weighted by atomic mass is 10.1. The number of methoxy groups -OCH3 is 1. The molecule has 6 nitrogen and oxygen atoms in total. The molecule has 3 rings (SSSR count). The molecule has 1 aliphatic heterocycles. The van der Waals surface area contributed by atoms with Gasteiger partial charge >= 0.3 is 12.2 Å². The molecule has 0 spiro atoms. The van der Waals surface area contributed by atoms with Crippen LogP contribution >= 0.6 is 0 Å². The highest BCUT2D eigenvalue weighted by molar-refractivity contribution is 5.75. The number of nitrogens with one attached hydrogen (secondary N) is 1. The minimum absolute atomic E-state index is 0.262. The van der Waals surface area contributed by atoms with Crippen molar-refractivity contribution in [3.8, 4) is 0 Å². The molecule has 2 amide bonds. The van der Waals surface area contributed by atoms with Gasteiger partial charge in [0, 0.05) is 39.0 Å². The number of carbonyl (C=O) groups excluding carboxylic acids is 1. The van der Waals surface area contributed by atoms with Crippen molar-refractivity contribution >= 4 is 11.7 Å². The average molecular weight is 397 g/mol. The summed E-state index contributed by atoms with van der Waals surface area (Å²) in [5, 5.41) is 2.87. The van der Waals surface area contributed by atoms with Crippen LogP contribution in [0.15, 0.2) is 47.1 Å². The number of carbonyl (C=O) groups is 1. The van der Waals surface area contributed by atoms with Crippen molar-refractivity contribution in [2.75, 3.05) is 44.8 Å². The van der Waals surface area contributed by atoms with Gasteiger partial charge in [0.1, 0.15) is 11.8 Å². The number of halogens is 3. The van der Waals surface area contributed by atoms with Crippen molar-refractivity contribution in [3.05, 3.63) is 54.0 Å². The summed E-state index contributed by atoms with van der Waals surface area (Å²) in [5.41, 5.74) is -0.172. The van der Waals surface area contributed by atoms with Crippen LogP contribution in [-0.2, 0) is 10.9 Å². The highest BCUT2D eigenvalue weighted by atomic mass is 19.4. The number of benzene rings is 1. The monoisotopic (exact) mass is 397 g/mol. The first-order valence-corrected chi connectivity index (χ1v) is 8.88. The van der Waals surface area contributed by atoms with Crippen molar-refractivity contribution in [2.24, 2.45) is 0 Å². The number of rotatable bonds is 5. The summed E-state index contributed by atoms with van der Waals surface area (Å²) >= 11 is 0. The third kappa shape index (κ3) is 4.78. The van der Waals surface area contributed by atoms with E-state index in [4.69, 9.17) is 9.15 Å². The number of ether oxygens (including phenoxy) is 1. The van der Waals surface area contributed by atoms with Gasteiger partial charge in [-0.2, -0.15) is 13.2 Å². The highest BCUT2D eigenvalue weighted by Crippen LogP contribution is 2.31. The number of amides is 2. The van der Waals surface area contributed by atoms with Crippen molar-refractivity contribution in [1.29, 1.82) is 0 Å². The fourth-order valence-corrected chi connectivity index (χ4v) is 3.14. The first kappa shape index (κ1) is 20.1. The standard InChI is InChI=1S/C19H22F3N3O3/c1-27-13-16(17-6-3-11-28-17)23-18(26)25-9-7-24(8-10-25)15-5-2-4-14(12-15)19(20,21)22/h2-6,11-12,16H,7-10,13H2,1H3,(H,23,26). The second-order valence-electron chi connectivity index (χ2n) is 6.50. The summed E-state index contributed by atoms with van der Waals surface area (Å²) in [5.74, 6) is 0.595. The summed E-state index contributed by atoms with van der Waals surface area (Å²) in [4.78, 5) is 16.0. The highest BCUT2D eigenvalue weighted by Gasteiger charge is 2.31. The molecule has 1 unspecified atom stereocenters. The number of urea groups is 1. The Hall–Kier alpha value is -2.68. The molecule has 1 N–H and O–H groups in total. The maximum absolute atomic E-state index is 12.9. The predicted molar refractivity (Wildman–Crippen MR) is 97.1 cm³/mol. The molecule has 2 aromatic rings. The van der Waals surface area contributed by atoms with Gasteiger partial charge in [-0.15, -0.1) is 0 Å². The molecule has 1 aromatic carbocycles. The molecule has 1 aliphatic rings. The molecule has 1 aromatic heterocycles. The molecular weight excluding hydrogens is 375 g/mol. The molecule has 28 heavy (non-hydrogen) atoms. The van der Waals surface area contributed by atoms with Crippen LogP contribution in [0.5, 0.6) is 0 Å². The van der Waals surface area contributed by atoms with Crippen molar-refractivity contribution in [3.63, 3.8) is 0 Å². The lowest BCUT2D eigenvalue weighted by Gasteiger charge is -2.36. The van der Waals surface area contributed by atoms with E-state index in [9.17, 15) is 18.0 Å². The average Bonchev–Trinajstić information content (AvgIpc) is 3.22. The van der Waals surface area contributed by atoms with Gasteiger partial charge in [0.2, 0.25) is 0 Å². The van der Waals surface area contributed by atoms with Gasteiger partial charge in [-0.1, -0.05) is 6.07 Å². The van der Waals surface area contributed by atoms with E-state index in [1.807, 2.05) is 4.90 Å². The molecule has 1 saturated heterocycles. The number of piperazine rings is 1. The molecule has 0 bridgehead atoms. The topological polar surface area (TPSA) is 58.0 Å². The molecule has 9 heteroatoms. The predicted octanol–water partition coefficient (Wildman–Crippen LogP) is 3.52. The van der Waals surface area contributed by atoms with Crippen molar-refractivity contribution in [2.45, 2.75) is 12.2 Å². The van der Waals surface area contributed by atoms with Gasteiger partial charge in [0.25, 0.3) is 0 Å². The van der Waals surface area contributed by atoms with Crippen LogP contribution in [0.3, 0.4) is 0 Å². The van der Waals surface area contributed by atoms with Crippen LogP contribution in [-0.4, -0.2) is 50.8 Å². The van der Waals surface area contributed by atoms with Gasteiger partial charge in [-0.3, -0.25) is 0 Å². The minimum atomic E-state index is -4.38. The fourth-order valence-electron chi connectivity index (χ4n) is 3.14. The Bertz CT molecular complexity index is 772. The zero-order valence-electron chi connectivity index (χ0n) is 15.4. The molecule has 152 valence electrons. The maximum Gasteiger partial charge on any atom is 0.416 e.